The molecule has 0 saturated heterocycles. The molecular weight excluding hydrogens is 434 g/mol. The summed E-state index contributed by atoms with van der Waals surface area (Å²) in [4.78, 5) is 29.2. The number of carbonyl (C=O) groups is 2. The van der Waals surface area contributed by atoms with Gasteiger partial charge in [-0.1, -0.05) is 23.9 Å². The van der Waals surface area contributed by atoms with Crippen LogP contribution in [-0.2, 0) is 11.3 Å². The maximum absolute atomic E-state index is 12.6. The van der Waals surface area contributed by atoms with Crippen LogP contribution in [0.15, 0.2) is 69.6 Å². The highest BCUT2D eigenvalue weighted by molar-refractivity contribution is 8.01. The monoisotopic (exact) mass is 453 g/mol. The molecule has 0 atom stereocenters. The van der Waals surface area contributed by atoms with E-state index in [1.807, 2.05) is 24.3 Å². The quantitative estimate of drug-likeness (QED) is 0.380. The maximum Gasteiger partial charge on any atom is 0.259 e. The molecule has 9 heteroatoms. The van der Waals surface area contributed by atoms with E-state index >= 15 is 0 Å². The van der Waals surface area contributed by atoms with Crippen LogP contribution in [0.25, 0.3) is 10.2 Å². The van der Waals surface area contributed by atoms with E-state index in [1.54, 1.807) is 36.6 Å². The fourth-order valence-corrected chi connectivity index (χ4v) is 4.79. The Morgan fingerprint density at radius 2 is 2.03 bits per heavy atom. The Morgan fingerprint density at radius 3 is 2.84 bits per heavy atom. The van der Waals surface area contributed by atoms with Crippen molar-refractivity contribution < 1.29 is 18.7 Å². The summed E-state index contributed by atoms with van der Waals surface area (Å²) in [5.41, 5.74) is 1.95. The number of para-hydroxylation sites is 1. The average Bonchev–Trinajstić information content (AvgIpc) is 3.45. The minimum absolute atomic E-state index is 0.0922. The molecule has 0 fully saturated rings. The number of anilines is 1. The first-order chi connectivity index (χ1) is 15.1. The lowest BCUT2D eigenvalue weighted by atomic mass is 10.2. The number of furan rings is 1. The second-order valence-electron chi connectivity index (χ2n) is 6.46. The average molecular weight is 454 g/mol. The molecule has 0 saturated carbocycles. The van der Waals surface area contributed by atoms with Gasteiger partial charge in [-0.25, -0.2) is 4.98 Å². The number of ether oxygens (including phenoxy) is 1. The Hall–Kier alpha value is -3.30. The number of amides is 2. The Bertz CT molecular complexity index is 1200. The number of aromatic nitrogens is 1. The Morgan fingerprint density at radius 1 is 1.16 bits per heavy atom. The van der Waals surface area contributed by atoms with Gasteiger partial charge < -0.3 is 19.8 Å². The summed E-state index contributed by atoms with van der Waals surface area (Å²) in [6, 6.07) is 16.2. The van der Waals surface area contributed by atoms with Crippen molar-refractivity contribution in [1.29, 1.82) is 0 Å². The lowest BCUT2D eigenvalue weighted by Crippen LogP contribution is -2.24. The first-order valence-electron chi connectivity index (χ1n) is 9.39. The van der Waals surface area contributed by atoms with Gasteiger partial charge in [0.2, 0.25) is 5.91 Å². The molecule has 2 N–H and O–H groups in total. The first kappa shape index (κ1) is 21.0. The Labute approximate surface area is 186 Å². The zero-order valence-electron chi connectivity index (χ0n) is 16.6. The van der Waals surface area contributed by atoms with Crippen LogP contribution in [0.4, 0.5) is 5.69 Å². The van der Waals surface area contributed by atoms with Crippen LogP contribution < -0.4 is 15.4 Å². The number of rotatable bonds is 8. The van der Waals surface area contributed by atoms with E-state index in [0.29, 0.717) is 29.3 Å². The highest BCUT2D eigenvalue weighted by Crippen LogP contribution is 2.31. The standard InChI is InChI=1S/C22H19N3O4S2/c1-28-18-7-3-2-6-16(18)21(27)24-14-8-9-17-19(11-14)31-22(25-17)30-13-20(26)23-12-15-5-4-10-29-15/h2-11H,12-13H2,1H3,(H,23,26)(H,24,27). The number of fused-ring (bicyclic) bond motifs is 1. The molecule has 2 aromatic carbocycles. The molecule has 4 rings (SSSR count). The summed E-state index contributed by atoms with van der Waals surface area (Å²) in [7, 11) is 1.53. The van der Waals surface area contributed by atoms with Crippen molar-refractivity contribution in [2.24, 2.45) is 0 Å². The van der Waals surface area contributed by atoms with E-state index in [-0.39, 0.29) is 17.6 Å². The van der Waals surface area contributed by atoms with E-state index in [1.165, 1.54) is 30.2 Å². The predicted molar refractivity (Wildman–Crippen MR) is 122 cm³/mol. The number of nitrogens with zero attached hydrogens (tertiary/aromatic N) is 1. The lowest BCUT2D eigenvalue weighted by molar-refractivity contribution is -0.118. The van der Waals surface area contributed by atoms with Gasteiger partial charge in [0.15, 0.2) is 4.34 Å². The Kier molecular flexibility index (Phi) is 6.54. The Balaban J connectivity index is 1.37. The van der Waals surface area contributed by atoms with E-state index in [9.17, 15) is 9.59 Å². The summed E-state index contributed by atoms with van der Waals surface area (Å²) in [5, 5.41) is 5.71. The normalized spacial score (nSPS) is 10.7. The molecule has 2 aromatic heterocycles. The van der Waals surface area contributed by atoms with Crippen molar-refractivity contribution in [2.45, 2.75) is 10.9 Å². The summed E-state index contributed by atoms with van der Waals surface area (Å²) < 4.78 is 12.2. The van der Waals surface area contributed by atoms with Crippen molar-refractivity contribution >= 4 is 50.8 Å². The zero-order chi connectivity index (χ0) is 21.6. The minimum atomic E-state index is -0.246. The smallest absolute Gasteiger partial charge is 0.259 e. The van der Waals surface area contributed by atoms with E-state index < -0.39 is 0 Å². The number of hydrogen-bond donors (Lipinski definition) is 2. The first-order valence-corrected chi connectivity index (χ1v) is 11.2. The fraction of sp³-hybridized carbons (Fsp3) is 0.136. The van der Waals surface area contributed by atoms with Crippen LogP contribution in [-0.4, -0.2) is 29.7 Å². The summed E-state index contributed by atoms with van der Waals surface area (Å²) in [6.45, 7) is 0.363. The number of methoxy groups -OCH3 is 1. The molecule has 2 amide bonds. The molecule has 0 bridgehead atoms. The van der Waals surface area contributed by atoms with Crippen molar-refractivity contribution in [3.8, 4) is 5.75 Å². The number of benzene rings is 2. The second-order valence-corrected chi connectivity index (χ2v) is 8.71. The van der Waals surface area contributed by atoms with Gasteiger partial charge in [0.25, 0.3) is 5.91 Å². The molecule has 158 valence electrons. The van der Waals surface area contributed by atoms with Gasteiger partial charge in [0.1, 0.15) is 11.5 Å². The van der Waals surface area contributed by atoms with Gasteiger partial charge in [0, 0.05) is 5.69 Å². The van der Waals surface area contributed by atoms with Gasteiger partial charge in [-0.3, -0.25) is 9.59 Å². The minimum Gasteiger partial charge on any atom is -0.496 e. The molecular formula is C22H19N3O4S2. The molecule has 0 aliphatic rings. The maximum atomic E-state index is 12.6. The number of carbonyl (C=O) groups excluding carboxylic acids is 2. The topological polar surface area (TPSA) is 93.5 Å². The molecule has 0 spiro atoms. The third kappa shape index (κ3) is 5.25. The van der Waals surface area contributed by atoms with Gasteiger partial charge in [-0.15, -0.1) is 11.3 Å². The molecule has 0 aliphatic carbocycles. The third-order valence-electron chi connectivity index (χ3n) is 4.34. The van der Waals surface area contributed by atoms with Crippen molar-refractivity contribution in [1.82, 2.24) is 10.3 Å². The third-order valence-corrected chi connectivity index (χ3v) is 6.51. The summed E-state index contributed by atoms with van der Waals surface area (Å²) in [6.07, 6.45) is 1.57. The number of thiazole rings is 1. The van der Waals surface area contributed by atoms with Gasteiger partial charge in [0.05, 0.1) is 41.5 Å². The molecule has 0 unspecified atom stereocenters. The van der Waals surface area contributed by atoms with Crippen LogP contribution in [0.3, 0.4) is 0 Å². The summed E-state index contributed by atoms with van der Waals surface area (Å²) >= 11 is 2.85. The molecule has 7 nitrogen and oxygen atoms in total. The van der Waals surface area contributed by atoms with Crippen LogP contribution in [0.2, 0.25) is 0 Å². The highest BCUT2D eigenvalue weighted by Gasteiger charge is 2.13. The van der Waals surface area contributed by atoms with Crippen LogP contribution in [0.1, 0.15) is 16.1 Å². The number of thioether (sulfide) groups is 1. The van der Waals surface area contributed by atoms with E-state index in [4.69, 9.17) is 9.15 Å². The van der Waals surface area contributed by atoms with Crippen molar-refractivity contribution in [2.75, 3.05) is 18.2 Å². The van der Waals surface area contributed by atoms with Gasteiger partial charge in [-0.05, 0) is 42.5 Å². The molecule has 31 heavy (non-hydrogen) atoms. The largest absolute Gasteiger partial charge is 0.496 e. The van der Waals surface area contributed by atoms with Crippen LogP contribution in [0, 0.1) is 0 Å². The van der Waals surface area contributed by atoms with Crippen LogP contribution in [0.5, 0.6) is 5.75 Å². The second kappa shape index (κ2) is 9.67. The van der Waals surface area contributed by atoms with Crippen molar-refractivity contribution in [3.63, 3.8) is 0 Å². The molecule has 0 radical (unpaired) electrons. The van der Waals surface area contributed by atoms with Gasteiger partial charge >= 0.3 is 0 Å². The van der Waals surface area contributed by atoms with E-state index in [2.05, 4.69) is 15.6 Å². The SMILES string of the molecule is COc1ccccc1C(=O)Nc1ccc2nc(SCC(=O)NCc3ccco3)sc2c1. The lowest BCUT2D eigenvalue weighted by Gasteiger charge is -2.09. The zero-order valence-corrected chi connectivity index (χ0v) is 18.2. The summed E-state index contributed by atoms with van der Waals surface area (Å²) in [5.74, 6) is 1.15. The van der Waals surface area contributed by atoms with Crippen LogP contribution >= 0.6 is 23.1 Å². The number of nitrogens with one attached hydrogen (secondary N) is 2. The van der Waals surface area contributed by atoms with E-state index in [0.717, 1.165) is 14.6 Å². The molecule has 0 aliphatic heterocycles. The van der Waals surface area contributed by atoms with Crippen molar-refractivity contribution in [3.05, 3.63) is 72.2 Å². The van der Waals surface area contributed by atoms with Gasteiger partial charge in [-0.2, -0.15) is 0 Å². The fourth-order valence-electron chi connectivity index (χ4n) is 2.85. The number of hydrogen-bond acceptors (Lipinski definition) is 7. The molecule has 2 heterocycles. The molecule has 4 aromatic rings. The predicted octanol–water partition coefficient (Wildman–Crippen LogP) is 4.56. The highest BCUT2D eigenvalue weighted by atomic mass is 32.2.